The number of carbonyl (C=O) groups is 1. The summed E-state index contributed by atoms with van der Waals surface area (Å²) in [6.45, 7) is 1.66. The lowest BCUT2D eigenvalue weighted by molar-refractivity contribution is 0.0980. The second-order valence-electron chi connectivity index (χ2n) is 7.10. The van der Waals surface area contributed by atoms with Crippen molar-refractivity contribution in [3.8, 4) is 11.3 Å². The van der Waals surface area contributed by atoms with Crippen LogP contribution in [0.2, 0.25) is 0 Å². The van der Waals surface area contributed by atoms with Gasteiger partial charge in [-0.25, -0.2) is 26.7 Å². The predicted octanol–water partition coefficient (Wildman–Crippen LogP) is 3.17. The second-order valence-corrected chi connectivity index (χ2v) is 10.3. The van der Waals surface area contributed by atoms with Crippen molar-refractivity contribution in [1.29, 1.82) is 0 Å². The molecule has 0 aliphatic carbocycles. The fourth-order valence-electron chi connectivity index (χ4n) is 3.34. The number of aryl methyl sites for hydroxylation is 1. The summed E-state index contributed by atoms with van der Waals surface area (Å²) < 4.78 is 56.6. The number of fused-ring (bicyclic) bond motifs is 1. The molecule has 0 spiro atoms. The Morgan fingerprint density at radius 2 is 1.53 bits per heavy atom. The first-order valence-corrected chi connectivity index (χ1v) is 12.4. The van der Waals surface area contributed by atoms with E-state index in [9.17, 15) is 21.6 Å². The zero-order valence-electron chi connectivity index (χ0n) is 16.8. The summed E-state index contributed by atoms with van der Waals surface area (Å²) in [5.74, 6) is -0.293. The van der Waals surface area contributed by atoms with Crippen molar-refractivity contribution >= 4 is 36.9 Å². The van der Waals surface area contributed by atoms with Crippen LogP contribution >= 0.6 is 0 Å². The number of furan rings is 1. The van der Waals surface area contributed by atoms with E-state index in [1.54, 1.807) is 19.1 Å². The molecule has 3 aromatic carbocycles. The molecule has 1 aromatic heterocycles. The first-order valence-electron chi connectivity index (χ1n) is 9.35. The van der Waals surface area contributed by atoms with Gasteiger partial charge in [0.1, 0.15) is 21.1 Å². The number of hydrogen-bond acceptors (Lipinski definition) is 6. The Kier molecular flexibility index (Phi) is 5.37. The highest BCUT2D eigenvalue weighted by Crippen LogP contribution is 2.29. The largest absolute Gasteiger partial charge is 0.456 e. The van der Waals surface area contributed by atoms with Crippen molar-refractivity contribution < 1.29 is 26.0 Å². The molecule has 164 valence electrons. The molecule has 0 fully saturated rings. The minimum Gasteiger partial charge on any atom is -0.456 e. The maximum Gasteiger partial charge on any atom is 0.265 e. The van der Waals surface area contributed by atoms with Crippen LogP contribution in [0.15, 0.2) is 87.0 Å². The van der Waals surface area contributed by atoms with E-state index in [4.69, 9.17) is 9.56 Å². The van der Waals surface area contributed by atoms with Crippen molar-refractivity contribution in [1.82, 2.24) is 4.72 Å². The molecule has 0 radical (unpaired) electrons. The quantitative estimate of drug-likeness (QED) is 0.460. The Morgan fingerprint density at radius 3 is 2.19 bits per heavy atom. The first kappa shape index (κ1) is 21.8. The van der Waals surface area contributed by atoms with Crippen LogP contribution in [0.25, 0.3) is 22.3 Å². The van der Waals surface area contributed by atoms with Crippen molar-refractivity contribution in [3.05, 3.63) is 83.9 Å². The van der Waals surface area contributed by atoms with Gasteiger partial charge in [0.2, 0.25) is 10.0 Å². The van der Waals surface area contributed by atoms with Crippen LogP contribution in [0.5, 0.6) is 0 Å². The van der Waals surface area contributed by atoms with Gasteiger partial charge in [-0.2, -0.15) is 0 Å². The van der Waals surface area contributed by atoms with Gasteiger partial charge in [0, 0.05) is 16.5 Å². The number of primary sulfonamides is 1. The molecule has 0 saturated carbocycles. The normalized spacial score (nSPS) is 12.1. The molecule has 1 heterocycles. The minimum atomic E-state index is -4.50. The summed E-state index contributed by atoms with van der Waals surface area (Å²) in [7, 11) is -8.81. The number of nitrogens with two attached hydrogens (primary N) is 1. The molecule has 0 unspecified atom stereocenters. The number of carbonyl (C=O) groups excluding carboxylic acids is 1. The van der Waals surface area contributed by atoms with E-state index >= 15 is 0 Å². The topological polar surface area (TPSA) is 137 Å². The molecule has 0 atom stereocenters. The van der Waals surface area contributed by atoms with Crippen molar-refractivity contribution in [2.45, 2.75) is 16.7 Å². The number of sulfonamides is 2. The molecule has 0 aliphatic rings. The Balaban J connectivity index is 1.64. The predicted molar refractivity (Wildman–Crippen MR) is 119 cm³/mol. The second kappa shape index (κ2) is 7.90. The number of benzene rings is 3. The number of amides is 1. The van der Waals surface area contributed by atoms with Gasteiger partial charge in [-0.3, -0.25) is 4.79 Å². The number of rotatable bonds is 5. The molecular weight excluding hydrogens is 452 g/mol. The molecule has 0 saturated heterocycles. The highest BCUT2D eigenvalue weighted by Gasteiger charge is 2.26. The van der Waals surface area contributed by atoms with Crippen LogP contribution in [-0.2, 0) is 20.0 Å². The Labute approximate surface area is 184 Å². The molecule has 0 aliphatic heterocycles. The van der Waals surface area contributed by atoms with Crippen molar-refractivity contribution in [2.75, 3.05) is 0 Å². The average Bonchev–Trinajstić information content (AvgIpc) is 3.17. The molecule has 0 bridgehead atoms. The monoisotopic (exact) mass is 470 g/mol. The molecular formula is C22H18N2O6S2. The third kappa shape index (κ3) is 4.15. The van der Waals surface area contributed by atoms with Crippen LogP contribution in [-0.4, -0.2) is 22.7 Å². The van der Waals surface area contributed by atoms with Crippen LogP contribution in [0.4, 0.5) is 0 Å². The summed E-state index contributed by atoms with van der Waals surface area (Å²) in [5.41, 5.74) is 2.07. The van der Waals surface area contributed by atoms with Gasteiger partial charge >= 0.3 is 0 Å². The van der Waals surface area contributed by atoms with E-state index in [0.717, 1.165) is 28.7 Å². The lowest BCUT2D eigenvalue weighted by Crippen LogP contribution is -2.32. The van der Waals surface area contributed by atoms with E-state index in [1.807, 2.05) is 35.1 Å². The summed E-state index contributed by atoms with van der Waals surface area (Å²) >= 11 is 0. The van der Waals surface area contributed by atoms with Gasteiger partial charge in [0.05, 0.1) is 0 Å². The zero-order valence-corrected chi connectivity index (χ0v) is 18.4. The zero-order chi connectivity index (χ0) is 23.1. The Bertz CT molecular complexity index is 1540. The maximum atomic E-state index is 12.7. The summed E-state index contributed by atoms with van der Waals surface area (Å²) in [6, 6.07) is 19.0. The molecule has 8 nitrogen and oxygen atoms in total. The van der Waals surface area contributed by atoms with Gasteiger partial charge in [0.15, 0.2) is 0 Å². The average molecular weight is 471 g/mol. The van der Waals surface area contributed by atoms with E-state index in [1.165, 1.54) is 18.2 Å². The van der Waals surface area contributed by atoms with E-state index < -0.39 is 35.7 Å². The van der Waals surface area contributed by atoms with E-state index in [0.29, 0.717) is 11.3 Å². The molecule has 4 aromatic rings. The molecule has 32 heavy (non-hydrogen) atoms. The molecule has 4 rings (SSSR count). The van der Waals surface area contributed by atoms with Gasteiger partial charge in [-0.1, -0.05) is 36.4 Å². The van der Waals surface area contributed by atoms with Crippen LogP contribution in [0.3, 0.4) is 0 Å². The lowest BCUT2D eigenvalue weighted by atomic mass is 10.0. The highest BCUT2D eigenvalue weighted by atomic mass is 32.2. The number of hydrogen-bond donors (Lipinski definition) is 2. The fraction of sp³-hybridized carbons (Fsp3) is 0.0455. The maximum absolute atomic E-state index is 12.7. The van der Waals surface area contributed by atoms with E-state index in [-0.39, 0.29) is 5.56 Å². The number of para-hydroxylation sites is 1. The smallest absolute Gasteiger partial charge is 0.265 e. The minimum absolute atomic E-state index is 0.113. The van der Waals surface area contributed by atoms with E-state index in [2.05, 4.69) is 0 Å². The Hall–Kier alpha value is -3.47. The standard InChI is InChI=1S/C22H18N2O6S2/c1-14-12-16(19-13-15-6-2-3-7-18(15)30-19)10-11-17(14)22(25)24-32(28,29)21-9-5-4-8-20(21)31(23,26)27/h2-13H,1H3,(H,24,25)(H2,23,26,27). The summed E-state index contributed by atoms with van der Waals surface area (Å²) in [5, 5.41) is 6.04. The SMILES string of the molecule is Cc1cc(-c2cc3ccccc3o2)ccc1C(=O)NS(=O)(=O)c1ccccc1S(N)(=O)=O. The molecule has 3 N–H and O–H groups in total. The third-order valence-electron chi connectivity index (χ3n) is 4.85. The molecule has 10 heteroatoms. The Morgan fingerprint density at radius 1 is 0.875 bits per heavy atom. The summed E-state index contributed by atoms with van der Waals surface area (Å²) in [4.78, 5) is 11.5. The van der Waals surface area contributed by atoms with Crippen molar-refractivity contribution in [2.24, 2.45) is 5.14 Å². The van der Waals surface area contributed by atoms with Gasteiger partial charge in [0.25, 0.3) is 15.9 Å². The van der Waals surface area contributed by atoms with Gasteiger partial charge < -0.3 is 4.42 Å². The van der Waals surface area contributed by atoms with Crippen LogP contribution in [0.1, 0.15) is 15.9 Å². The first-order chi connectivity index (χ1) is 15.1. The third-order valence-corrected chi connectivity index (χ3v) is 7.34. The van der Waals surface area contributed by atoms with Crippen LogP contribution in [0, 0.1) is 6.92 Å². The summed E-state index contributed by atoms with van der Waals surface area (Å²) in [6.07, 6.45) is 0. The molecule has 1 amide bonds. The highest BCUT2D eigenvalue weighted by molar-refractivity contribution is 7.92. The van der Waals surface area contributed by atoms with Crippen molar-refractivity contribution in [3.63, 3.8) is 0 Å². The fourth-order valence-corrected chi connectivity index (χ4v) is 5.68. The lowest BCUT2D eigenvalue weighted by Gasteiger charge is -2.12. The number of nitrogens with one attached hydrogen (secondary N) is 1. The van der Waals surface area contributed by atoms with Gasteiger partial charge in [-0.15, -0.1) is 0 Å². The van der Waals surface area contributed by atoms with Gasteiger partial charge in [-0.05, 0) is 48.9 Å². The van der Waals surface area contributed by atoms with Crippen LogP contribution < -0.4 is 9.86 Å².